The van der Waals surface area contributed by atoms with Crippen LogP contribution in [0.3, 0.4) is 0 Å². The number of fused-ring (bicyclic) bond motifs is 3. The first kappa shape index (κ1) is 21.5. The Labute approximate surface area is 214 Å². The first-order valence-corrected chi connectivity index (χ1v) is 11.1. The summed E-state index contributed by atoms with van der Waals surface area (Å²) in [4.78, 5) is 8.79. The van der Waals surface area contributed by atoms with Gasteiger partial charge in [0, 0.05) is 49.6 Å². The van der Waals surface area contributed by atoms with Gasteiger partial charge in [0.25, 0.3) is 0 Å². The third kappa shape index (κ3) is 3.40. The van der Waals surface area contributed by atoms with Crippen molar-refractivity contribution in [2.45, 2.75) is 0 Å². The Kier molecular flexibility index (Phi) is 5.29. The number of hydrogen-bond acceptors (Lipinski definition) is 3. The van der Waals surface area contributed by atoms with Gasteiger partial charge in [-0.15, -0.1) is 48.0 Å². The van der Waals surface area contributed by atoms with E-state index in [2.05, 4.69) is 56.8 Å². The van der Waals surface area contributed by atoms with E-state index in [1.165, 1.54) is 16.2 Å². The van der Waals surface area contributed by atoms with Crippen molar-refractivity contribution < 1.29 is 24.5 Å². The number of pyridine rings is 1. The molecule has 0 N–H and O–H groups in total. The molecule has 0 aliphatic carbocycles. The van der Waals surface area contributed by atoms with Crippen LogP contribution in [0.25, 0.3) is 60.5 Å². The predicted octanol–water partition coefficient (Wildman–Crippen LogP) is 7.32. The van der Waals surface area contributed by atoms with Gasteiger partial charge in [0.1, 0.15) is 5.58 Å². The zero-order chi connectivity index (χ0) is 22.5. The summed E-state index contributed by atoms with van der Waals surface area (Å²) in [6.45, 7) is 0. The number of furan rings is 1. The van der Waals surface area contributed by atoms with Crippen LogP contribution in [0.5, 0.6) is 0 Å². The largest absolute Gasteiger partial charge is 0.476 e. The van der Waals surface area contributed by atoms with Crippen LogP contribution in [-0.4, -0.2) is 14.4 Å². The molecular formula is C30H17IrN3O-2. The maximum Gasteiger partial charge on any atom is 0.124 e. The SMILES string of the molecule is [Ir].[c-]1ccc2oc3ccc4cccc5c4c3c2c1c1nccn51.[c-]1ccccc1-c1ccccn1. The van der Waals surface area contributed by atoms with E-state index in [0.717, 1.165) is 44.4 Å². The fraction of sp³-hybridized carbons (Fsp3) is 0. The molecule has 4 heterocycles. The molecule has 0 amide bonds. The quantitative estimate of drug-likeness (QED) is 0.179. The molecule has 0 atom stereocenters. The second-order valence-electron chi connectivity index (χ2n) is 8.12. The van der Waals surface area contributed by atoms with Gasteiger partial charge >= 0.3 is 0 Å². The fourth-order valence-electron chi connectivity index (χ4n) is 4.74. The molecule has 8 rings (SSSR count). The van der Waals surface area contributed by atoms with E-state index in [0.29, 0.717) is 0 Å². The maximum absolute atomic E-state index is 6.06. The van der Waals surface area contributed by atoms with E-state index in [1.807, 2.05) is 67.0 Å². The van der Waals surface area contributed by atoms with Gasteiger partial charge in [0.2, 0.25) is 0 Å². The van der Waals surface area contributed by atoms with Crippen LogP contribution in [0.1, 0.15) is 0 Å². The Bertz CT molecular complexity index is 1850. The number of hydrogen-bond donors (Lipinski definition) is 0. The molecule has 35 heavy (non-hydrogen) atoms. The van der Waals surface area contributed by atoms with E-state index in [1.54, 1.807) is 6.20 Å². The zero-order valence-electron chi connectivity index (χ0n) is 18.4. The summed E-state index contributed by atoms with van der Waals surface area (Å²) >= 11 is 0. The van der Waals surface area contributed by atoms with Crippen molar-refractivity contribution in [2.24, 2.45) is 0 Å². The topological polar surface area (TPSA) is 43.3 Å². The van der Waals surface area contributed by atoms with Crippen LogP contribution in [0.15, 0.2) is 108 Å². The van der Waals surface area contributed by atoms with E-state index in [9.17, 15) is 0 Å². The molecule has 0 aliphatic rings. The molecule has 0 fully saturated rings. The second-order valence-corrected chi connectivity index (χ2v) is 8.12. The van der Waals surface area contributed by atoms with E-state index >= 15 is 0 Å². The van der Waals surface area contributed by atoms with Gasteiger partial charge < -0.3 is 13.8 Å². The van der Waals surface area contributed by atoms with Crippen molar-refractivity contribution in [3.05, 3.63) is 116 Å². The van der Waals surface area contributed by atoms with Gasteiger partial charge in [-0.2, -0.15) is 0 Å². The van der Waals surface area contributed by atoms with E-state index < -0.39 is 0 Å². The maximum atomic E-state index is 6.06. The van der Waals surface area contributed by atoms with Gasteiger partial charge in [-0.1, -0.05) is 47.2 Å². The smallest absolute Gasteiger partial charge is 0.124 e. The number of nitrogens with zero attached hydrogens (tertiary/aromatic N) is 3. The minimum absolute atomic E-state index is 0. The fourth-order valence-corrected chi connectivity index (χ4v) is 4.74. The number of imidazole rings is 1. The average Bonchev–Trinajstić information content (AvgIpc) is 3.52. The molecule has 0 saturated heterocycles. The summed E-state index contributed by atoms with van der Waals surface area (Å²) in [5.41, 5.74) is 5.88. The van der Waals surface area contributed by atoms with Crippen LogP contribution in [0.2, 0.25) is 0 Å². The van der Waals surface area contributed by atoms with Gasteiger partial charge in [0.15, 0.2) is 0 Å². The Hall–Kier alpha value is -4.05. The van der Waals surface area contributed by atoms with Crippen LogP contribution < -0.4 is 0 Å². The number of benzene rings is 4. The van der Waals surface area contributed by atoms with E-state index in [-0.39, 0.29) is 20.1 Å². The molecule has 0 aliphatic heterocycles. The molecule has 4 aromatic heterocycles. The van der Waals surface area contributed by atoms with Gasteiger partial charge in [0.05, 0.1) is 11.2 Å². The predicted molar refractivity (Wildman–Crippen MR) is 136 cm³/mol. The molecule has 8 aromatic rings. The summed E-state index contributed by atoms with van der Waals surface area (Å²) in [6, 6.07) is 34.6. The summed E-state index contributed by atoms with van der Waals surface area (Å²) in [6.07, 6.45) is 5.64. The van der Waals surface area contributed by atoms with Gasteiger partial charge in [-0.25, -0.2) is 0 Å². The summed E-state index contributed by atoms with van der Waals surface area (Å²) < 4.78 is 8.21. The van der Waals surface area contributed by atoms with Crippen LogP contribution >= 0.6 is 0 Å². The van der Waals surface area contributed by atoms with Gasteiger partial charge in [-0.3, -0.25) is 4.98 Å². The molecule has 4 aromatic carbocycles. The van der Waals surface area contributed by atoms with Crippen molar-refractivity contribution in [3.63, 3.8) is 0 Å². The third-order valence-electron chi connectivity index (χ3n) is 6.19. The van der Waals surface area contributed by atoms with Crippen LogP contribution in [0.4, 0.5) is 0 Å². The first-order chi connectivity index (χ1) is 16.9. The monoisotopic (exact) mass is 628 g/mol. The molecular weight excluding hydrogens is 611 g/mol. The molecule has 0 unspecified atom stereocenters. The molecule has 1 radical (unpaired) electrons. The molecule has 169 valence electrons. The molecule has 0 saturated carbocycles. The summed E-state index contributed by atoms with van der Waals surface area (Å²) in [7, 11) is 0. The Morgan fingerprint density at radius 3 is 2.46 bits per heavy atom. The third-order valence-corrected chi connectivity index (χ3v) is 6.19. The van der Waals surface area contributed by atoms with Crippen molar-refractivity contribution in [1.29, 1.82) is 0 Å². The molecule has 0 spiro atoms. The van der Waals surface area contributed by atoms with Crippen molar-refractivity contribution in [3.8, 4) is 11.3 Å². The Balaban J connectivity index is 0.000000151. The van der Waals surface area contributed by atoms with Crippen molar-refractivity contribution >= 4 is 49.3 Å². The Morgan fingerprint density at radius 2 is 1.60 bits per heavy atom. The normalized spacial score (nSPS) is 11.2. The second kappa shape index (κ2) is 8.62. The Morgan fingerprint density at radius 1 is 0.686 bits per heavy atom. The van der Waals surface area contributed by atoms with Gasteiger partial charge in [-0.05, 0) is 34.7 Å². The summed E-state index contributed by atoms with van der Waals surface area (Å²) in [5.74, 6) is 0. The van der Waals surface area contributed by atoms with E-state index in [4.69, 9.17) is 4.42 Å². The average molecular weight is 628 g/mol. The molecule has 0 bridgehead atoms. The van der Waals surface area contributed by atoms with Crippen LogP contribution in [-0.2, 0) is 20.1 Å². The zero-order valence-corrected chi connectivity index (χ0v) is 20.8. The molecule has 4 nitrogen and oxygen atoms in total. The first-order valence-electron chi connectivity index (χ1n) is 11.1. The minimum Gasteiger partial charge on any atom is -0.476 e. The summed E-state index contributed by atoms with van der Waals surface area (Å²) in [5, 5.41) is 5.71. The minimum atomic E-state index is 0. The van der Waals surface area contributed by atoms with Crippen LogP contribution in [0, 0.1) is 12.1 Å². The van der Waals surface area contributed by atoms with Crippen molar-refractivity contribution in [1.82, 2.24) is 14.4 Å². The number of rotatable bonds is 1. The standard InChI is InChI=1S/C19H9N2O.C11H8N.Ir/c1-3-11-7-8-15-18-16(11)13(5-1)21-10-9-20-19(21)12-4-2-6-14(22-15)17(12)18;1-2-6-10(7-3-1)11-8-4-5-9-12-11;/h1-3,5-10H;1-6,8-9H;/q2*-1;. The number of aromatic nitrogens is 3. The van der Waals surface area contributed by atoms with Crippen molar-refractivity contribution in [2.75, 3.05) is 0 Å². The molecule has 5 heteroatoms.